The molecule has 0 aromatic heterocycles. The second-order valence-electron chi connectivity index (χ2n) is 7.21. The predicted octanol–water partition coefficient (Wildman–Crippen LogP) is 5.38. The smallest absolute Gasteiger partial charge is 0.123 e. The first-order valence-corrected chi connectivity index (χ1v) is 10.2. The molecule has 0 N–H and O–H groups in total. The Morgan fingerprint density at radius 2 is 1.69 bits per heavy atom. The number of hydrogen-bond donors (Lipinski definition) is 0. The third-order valence-electron chi connectivity index (χ3n) is 4.75. The van der Waals surface area contributed by atoms with Crippen LogP contribution in [0.15, 0.2) is 59.5 Å². The summed E-state index contributed by atoms with van der Waals surface area (Å²) in [6.07, 6.45) is 3.24. The lowest BCUT2D eigenvalue weighted by Crippen LogP contribution is -2.45. The molecule has 1 saturated heterocycles. The summed E-state index contributed by atoms with van der Waals surface area (Å²) < 4.78 is 19.6. The highest BCUT2D eigenvalue weighted by atomic mass is 32.2. The largest absolute Gasteiger partial charge is 0.361 e. The summed E-state index contributed by atoms with van der Waals surface area (Å²) in [5.41, 5.74) is 1.39. The molecule has 0 unspecified atom stereocenters. The second kappa shape index (κ2) is 9.03. The van der Waals surface area contributed by atoms with Crippen LogP contribution in [0.4, 0.5) is 4.39 Å². The van der Waals surface area contributed by atoms with Gasteiger partial charge in [0.1, 0.15) is 10.8 Å². The molecule has 1 heterocycles. The molecule has 0 atom stereocenters. The minimum absolute atomic E-state index is 0.179. The van der Waals surface area contributed by atoms with Gasteiger partial charge >= 0.3 is 0 Å². The Kier molecular flexibility index (Phi) is 6.74. The third-order valence-corrected chi connectivity index (χ3v) is 6.13. The van der Waals surface area contributed by atoms with Crippen LogP contribution in [0.3, 0.4) is 0 Å². The average Bonchev–Trinajstić information content (AvgIpc) is 2.64. The fourth-order valence-corrected chi connectivity index (χ4v) is 4.77. The molecule has 1 aliphatic heterocycles. The van der Waals surface area contributed by atoms with Crippen molar-refractivity contribution in [1.82, 2.24) is 4.90 Å². The van der Waals surface area contributed by atoms with Gasteiger partial charge in [-0.15, -0.1) is 0 Å². The van der Waals surface area contributed by atoms with Crippen molar-refractivity contribution >= 4 is 11.8 Å². The molecule has 1 aliphatic rings. The molecule has 140 valence electrons. The van der Waals surface area contributed by atoms with E-state index < -0.39 is 0 Å². The monoisotopic (exact) mass is 373 g/mol. The Morgan fingerprint density at radius 1 is 1.04 bits per heavy atom. The molecule has 0 radical (unpaired) electrons. The van der Waals surface area contributed by atoms with Crippen LogP contribution in [0.1, 0.15) is 32.3 Å². The lowest BCUT2D eigenvalue weighted by atomic mass is 10.1. The fourth-order valence-electron chi connectivity index (χ4n) is 3.44. The zero-order valence-electron chi connectivity index (χ0n) is 15.7. The van der Waals surface area contributed by atoms with Crippen LogP contribution in [0, 0.1) is 5.82 Å². The van der Waals surface area contributed by atoms with Gasteiger partial charge in [-0.05, 0) is 62.9 Å². The van der Waals surface area contributed by atoms with Crippen molar-refractivity contribution in [2.24, 2.45) is 0 Å². The first-order chi connectivity index (χ1) is 12.5. The standard InChI is InChI=1S/C22H28FNOS/c1-18(2)25-22(26-21-10-8-20(23)9-11-21)13-16-24(17-14-22)15-12-19-6-4-3-5-7-19/h3-11,18H,12-17H2,1-2H3. The Bertz CT molecular complexity index is 666. The van der Waals surface area contributed by atoms with Gasteiger partial charge in [0.15, 0.2) is 0 Å². The van der Waals surface area contributed by atoms with Crippen molar-refractivity contribution in [2.75, 3.05) is 19.6 Å². The maximum Gasteiger partial charge on any atom is 0.123 e. The van der Waals surface area contributed by atoms with E-state index in [4.69, 9.17) is 4.74 Å². The zero-order chi connectivity index (χ0) is 18.4. The number of rotatable bonds is 7. The summed E-state index contributed by atoms with van der Waals surface area (Å²) in [4.78, 5) is 3.39. The summed E-state index contributed by atoms with van der Waals surface area (Å²) in [6.45, 7) is 7.34. The van der Waals surface area contributed by atoms with E-state index in [9.17, 15) is 4.39 Å². The Balaban J connectivity index is 1.58. The quantitative estimate of drug-likeness (QED) is 0.605. The first kappa shape index (κ1) is 19.4. The first-order valence-electron chi connectivity index (χ1n) is 9.43. The molecule has 0 spiro atoms. The van der Waals surface area contributed by atoms with Gasteiger partial charge in [-0.2, -0.15) is 0 Å². The predicted molar refractivity (Wildman–Crippen MR) is 107 cm³/mol. The minimum atomic E-state index is -0.213. The van der Waals surface area contributed by atoms with E-state index in [0.717, 1.165) is 43.8 Å². The fraction of sp³-hybridized carbons (Fsp3) is 0.455. The van der Waals surface area contributed by atoms with E-state index >= 15 is 0 Å². The van der Waals surface area contributed by atoms with Gasteiger partial charge in [0.05, 0.1) is 6.10 Å². The van der Waals surface area contributed by atoms with Gasteiger partial charge < -0.3 is 9.64 Å². The summed E-state index contributed by atoms with van der Waals surface area (Å²) in [5.74, 6) is -0.191. The van der Waals surface area contributed by atoms with E-state index in [0.29, 0.717) is 0 Å². The highest BCUT2D eigenvalue weighted by Gasteiger charge is 2.37. The molecule has 0 amide bonds. The number of likely N-dealkylation sites (tertiary alicyclic amines) is 1. The lowest BCUT2D eigenvalue weighted by Gasteiger charge is -2.42. The van der Waals surface area contributed by atoms with E-state index in [1.54, 1.807) is 11.8 Å². The van der Waals surface area contributed by atoms with Crippen LogP contribution in [0.25, 0.3) is 0 Å². The molecule has 0 aliphatic carbocycles. The molecule has 2 aromatic rings. The van der Waals surface area contributed by atoms with Crippen LogP contribution >= 0.6 is 11.8 Å². The van der Waals surface area contributed by atoms with Crippen LogP contribution in [0.2, 0.25) is 0 Å². The summed E-state index contributed by atoms with van der Waals surface area (Å²) >= 11 is 1.75. The van der Waals surface area contributed by atoms with Crippen molar-refractivity contribution in [3.63, 3.8) is 0 Å². The lowest BCUT2D eigenvalue weighted by molar-refractivity contribution is -0.0508. The highest BCUT2D eigenvalue weighted by molar-refractivity contribution is 8.00. The van der Waals surface area contributed by atoms with E-state index in [1.165, 1.54) is 17.7 Å². The van der Waals surface area contributed by atoms with Gasteiger partial charge in [-0.3, -0.25) is 0 Å². The van der Waals surface area contributed by atoms with Crippen LogP contribution in [-0.2, 0) is 11.2 Å². The van der Waals surface area contributed by atoms with Crippen molar-refractivity contribution < 1.29 is 9.13 Å². The van der Waals surface area contributed by atoms with Gasteiger partial charge in [-0.1, -0.05) is 42.1 Å². The Labute approximate surface area is 160 Å². The summed E-state index contributed by atoms with van der Waals surface area (Å²) in [6, 6.07) is 17.4. The molecule has 2 aromatic carbocycles. The minimum Gasteiger partial charge on any atom is -0.361 e. The summed E-state index contributed by atoms with van der Waals surface area (Å²) in [7, 11) is 0. The molecule has 0 saturated carbocycles. The molecule has 3 rings (SSSR count). The second-order valence-corrected chi connectivity index (χ2v) is 8.63. The zero-order valence-corrected chi connectivity index (χ0v) is 16.5. The van der Waals surface area contributed by atoms with E-state index in [2.05, 4.69) is 49.1 Å². The molecule has 0 bridgehead atoms. The van der Waals surface area contributed by atoms with Crippen LogP contribution < -0.4 is 0 Å². The third kappa shape index (κ3) is 5.57. The average molecular weight is 374 g/mol. The normalized spacial score (nSPS) is 17.5. The van der Waals surface area contributed by atoms with Gasteiger partial charge in [0, 0.05) is 24.5 Å². The number of ether oxygens (including phenoxy) is 1. The van der Waals surface area contributed by atoms with Crippen molar-refractivity contribution in [2.45, 2.75) is 49.0 Å². The molecule has 2 nitrogen and oxygen atoms in total. The van der Waals surface area contributed by atoms with Crippen LogP contribution in [0.5, 0.6) is 0 Å². The number of halogens is 1. The van der Waals surface area contributed by atoms with Crippen molar-refractivity contribution in [1.29, 1.82) is 0 Å². The number of hydrogen-bond acceptors (Lipinski definition) is 3. The molecular weight excluding hydrogens is 345 g/mol. The maximum atomic E-state index is 13.2. The van der Waals surface area contributed by atoms with Crippen molar-refractivity contribution in [3.8, 4) is 0 Å². The maximum absolute atomic E-state index is 13.2. The number of piperidine rings is 1. The van der Waals surface area contributed by atoms with E-state index in [-0.39, 0.29) is 16.9 Å². The van der Waals surface area contributed by atoms with Crippen molar-refractivity contribution in [3.05, 3.63) is 66.0 Å². The molecule has 1 fully saturated rings. The van der Waals surface area contributed by atoms with Gasteiger partial charge in [0.2, 0.25) is 0 Å². The van der Waals surface area contributed by atoms with Gasteiger partial charge in [0.25, 0.3) is 0 Å². The molecule has 26 heavy (non-hydrogen) atoms. The highest BCUT2D eigenvalue weighted by Crippen LogP contribution is 2.42. The number of benzene rings is 2. The number of nitrogens with zero attached hydrogens (tertiary/aromatic N) is 1. The molecule has 4 heteroatoms. The van der Waals surface area contributed by atoms with E-state index in [1.807, 2.05) is 12.1 Å². The summed E-state index contributed by atoms with van der Waals surface area (Å²) in [5, 5.41) is 0. The van der Waals surface area contributed by atoms with Crippen LogP contribution in [-0.4, -0.2) is 35.6 Å². The SMILES string of the molecule is CC(C)OC1(Sc2ccc(F)cc2)CCN(CCc2ccccc2)CC1. The Morgan fingerprint density at radius 3 is 2.31 bits per heavy atom. The molecular formula is C22H28FNOS. The topological polar surface area (TPSA) is 12.5 Å². The Hall–Kier alpha value is -1.36. The number of thioether (sulfide) groups is 1. The van der Waals surface area contributed by atoms with Gasteiger partial charge in [-0.25, -0.2) is 4.39 Å².